The highest BCUT2D eigenvalue weighted by molar-refractivity contribution is 6.76. The molecule has 1 aromatic rings. The molecule has 0 N–H and O–H groups in total. The van der Waals surface area contributed by atoms with Crippen LogP contribution in [0.2, 0.25) is 25.7 Å². The summed E-state index contributed by atoms with van der Waals surface area (Å²) in [5.41, 5.74) is 0. The van der Waals surface area contributed by atoms with E-state index in [1.165, 1.54) is 9.61 Å². The molecule has 1 aromatic carbocycles. The molecule has 0 unspecified atom stereocenters. The van der Waals surface area contributed by atoms with Gasteiger partial charge in [0.2, 0.25) is 0 Å². The molecule has 88 valence electrons. The van der Waals surface area contributed by atoms with Gasteiger partial charge in [-0.2, -0.15) is 0 Å². The van der Waals surface area contributed by atoms with Gasteiger partial charge in [-0.15, -0.1) is 0 Å². The number of benzene rings is 1. The molecule has 0 amide bonds. The Balaban J connectivity index is 2.14. The normalized spacial score (nSPS) is 11.9. The predicted octanol–water partition coefficient (Wildman–Crippen LogP) is 0.771. The Morgan fingerprint density at radius 1 is 1.19 bits per heavy atom. The summed E-state index contributed by atoms with van der Waals surface area (Å²) >= 11 is -0.0140. The molecule has 0 heterocycles. The third kappa shape index (κ3) is 7.06. The van der Waals surface area contributed by atoms with Gasteiger partial charge in [0.1, 0.15) is 6.26 Å². The largest absolute Gasteiger partial charge is 0.497 e. The van der Waals surface area contributed by atoms with Crippen molar-refractivity contribution in [1.82, 2.24) is 0 Å². The van der Waals surface area contributed by atoms with Crippen LogP contribution in [0.4, 0.5) is 0 Å². The maximum absolute atomic E-state index is 5.51. The highest BCUT2D eigenvalue weighted by atomic mass is 127. The molecule has 1 rings (SSSR count). The highest BCUT2D eigenvalue weighted by Crippen LogP contribution is 2.07. The van der Waals surface area contributed by atoms with E-state index in [0.29, 0.717) is 0 Å². The van der Waals surface area contributed by atoms with Crippen LogP contribution in [0, 0.1) is 3.57 Å². The second kappa shape index (κ2) is 7.11. The van der Waals surface area contributed by atoms with Crippen LogP contribution in [0.5, 0.6) is 0 Å². The fourth-order valence-electron chi connectivity index (χ4n) is 1.06. The van der Waals surface area contributed by atoms with Gasteiger partial charge in [0, 0.05) is 8.07 Å². The van der Waals surface area contributed by atoms with E-state index in [1.807, 2.05) is 6.26 Å². The molecule has 0 aliphatic carbocycles. The zero-order valence-corrected chi connectivity index (χ0v) is 13.4. The molecule has 0 saturated carbocycles. The molecule has 0 saturated heterocycles. The average molecular weight is 347 g/mol. The zero-order chi connectivity index (χ0) is 11.9. The maximum Gasteiger partial charge on any atom is 0.352 e. The molecule has 0 aliphatic rings. The van der Waals surface area contributed by atoms with Crippen molar-refractivity contribution in [3.8, 4) is 0 Å². The number of hydrogen-bond donors (Lipinski definition) is 0. The van der Waals surface area contributed by atoms with Crippen molar-refractivity contribution < 1.29 is 25.9 Å². The van der Waals surface area contributed by atoms with Crippen molar-refractivity contribution in [3.05, 3.63) is 44.2 Å². The molecule has 0 fully saturated rings. The zero-order valence-electron chi connectivity index (χ0n) is 10.2. The van der Waals surface area contributed by atoms with E-state index in [1.54, 1.807) is 0 Å². The molecule has 0 bridgehead atoms. The quantitative estimate of drug-likeness (QED) is 0.320. The first-order chi connectivity index (χ1) is 7.58. The molecule has 3 heteroatoms. The van der Waals surface area contributed by atoms with Gasteiger partial charge in [-0.25, -0.2) is 0 Å². The van der Waals surface area contributed by atoms with Gasteiger partial charge < -0.3 is 4.74 Å². The van der Waals surface area contributed by atoms with Crippen molar-refractivity contribution >= 4 is 8.07 Å². The van der Waals surface area contributed by atoms with Crippen LogP contribution >= 0.6 is 0 Å². The van der Waals surface area contributed by atoms with Crippen LogP contribution in [-0.2, 0) is 4.74 Å². The van der Waals surface area contributed by atoms with E-state index in [2.05, 4.69) is 54.1 Å². The van der Waals surface area contributed by atoms with Crippen LogP contribution in [-0.4, -0.2) is 14.7 Å². The Bertz CT molecular complexity index is 316. The van der Waals surface area contributed by atoms with E-state index in [4.69, 9.17) is 4.74 Å². The van der Waals surface area contributed by atoms with Gasteiger partial charge in [-0.05, 0) is 18.2 Å². The Kier molecular flexibility index (Phi) is 6.12. The monoisotopic (exact) mass is 347 g/mol. The second-order valence-corrected chi connectivity index (χ2v) is 13.1. The molecular formula is C13H20IOSi+. The summed E-state index contributed by atoms with van der Waals surface area (Å²) in [4.78, 5) is 0. The van der Waals surface area contributed by atoms with Gasteiger partial charge in [0.15, 0.2) is 7.65 Å². The summed E-state index contributed by atoms with van der Waals surface area (Å²) < 4.78 is 9.14. The Morgan fingerprint density at radius 2 is 1.88 bits per heavy atom. The Labute approximate surface area is 110 Å². The van der Waals surface area contributed by atoms with E-state index in [9.17, 15) is 0 Å². The fraction of sp³-hybridized carbons (Fsp3) is 0.385. The van der Waals surface area contributed by atoms with Crippen molar-refractivity contribution in [1.29, 1.82) is 0 Å². The minimum Gasteiger partial charge on any atom is -0.497 e. The van der Waals surface area contributed by atoms with Crippen molar-refractivity contribution in [3.63, 3.8) is 0 Å². The Hall–Kier alpha value is -0.293. The number of ether oxygens (including phenoxy) is 1. The third-order valence-electron chi connectivity index (χ3n) is 2.04. The van der Waals surface area contributed by atoms with E-state index in [-0.39, 0.29) is 21.2 Å². The summed E-state index contributed by atoms with van der Waals surface area (Å²) in [7, 11) is -0.931. The smallest absolute Gasteiger partial charge is 0.352 e. The van der Waals surface area contributed by atoms with Crippen LogP contribution in [0.15, 0.2) is 40.7 Å². The lowest BCUT2D eigenvalue weighted by atomic mass is 10.4. The summed E-state index contributed by atoms with van der Waals surface area (Å²) in [6.45, 7) is 8.00. The first-order valence-electron chi connectivity index (χ1n) is 5.53. The number of rotatable bonds is 6. The van der Waals surface area contributed by atoms with Crippen LogP contribution < -0.4 is 21.2 Å². The third-order valence-corrected chi connectivity index (χ3v) is 5.84. The van der Waals surface area contributed by atoms with Crippen molar-refractivity contribution in [2.75, 3.05) is 6.61 Å². The first kappa shape index (κ1) is 13.8. The van der Waals surface area contributed by atoms with Crippen molar-refractivity contribution in [2.45, 2.75) is 25.7 Å². The summed E-state index contributed by atoms with van der Waals surface area (Å²) in [5, 5.41) is 0. The molecule has 0 aromatic heterocycles. The minimum atomic E-state index is -0.931. The predicted molar refractivity (Wildman–Crippen MR) is 68.4 cm³/mol. The molecular weight excluding hydrogens is 327 g/mol. The number of halogens is 1. The first-order valence-corrected chi connectivity index (χ1v) is 11.6. The Morgan fingerprint density at radius 3 is 2.50 bits per heavy atom. The minimum absolute atomic E-state index is 0.0140. The van der Waals surface area contributed by atoms with Crippen LogP contribution in [0.1, 0.15) is 0 Å². The van der Waals surface area contributed by atoms with Gasteiger partial charge in [-0.3, -0.25) is 0 Å². The van der Waals surface area contributed by atoms with Gasteiger partial charge in [-0.1, -0.05) is 37.8 Å². The lowest BCUT2D eigenvalue weighted by Gasteiger charge is -2.13. The molecule has 0 spiro atoms. The highest BCUT2D eigenvalue weighted by Gasteiger charge is 2.12. The summed E-state index contributed by atoms with van der Waals surface area (Å²) in [5.74, 6) is 0. The van der Waals surface area contributed by atoms with E-state index >= 15 is 0 Å². The molecule has 0 atom stereocenters. The topological polar surface area (TPSA) is 9.23 Å². The SMILES string of the molecule is C[Si](C)(C)CCO/C=C\[I+]c1ccccc1. The fourth-order valence-corrected chi connectivity index (χ4v) is 3.39. The molecule has 0 aliphatic heterocycles. The summed E-state index contributed by atoms with van der Waals surface area (Å²) in [6.07, 6.45) is 1.89. The van der Waals surface area contributed by atoms with Gasteiger partial charge in [0.25, 0.3) is 0 Å². The second-order valence-electron chi connectivity index (χ2n) is 4.85. The van der Waals surface area contributed by atoms with E-state index < -0.39 is 8.07 Å². The average Bonchev–Trinajstić information content (AvgIpc) is 2.23. The van der Waals surface area contributed by atoms with Gasteiger partial charge in [0.05, 0.1) is 6.61 Å². The van der Waals surface area contributed by atoms with Gasteiger partial charge >= 0.3 is 21.2 Å². The van der Waals surface area contributed by atoms with Crippen LogP contribution in [0.3, 0.4) is 0 Å². The number of hydrogen-bond acceptors (Lipinski definition) is 1. The van der Waals surface area contributed by atoms with Crippen LogP contribution in [0.25, 0.3) is 0 Å². The molecule has 0 radical (unpaired) electrons. The standard InChI is InChI=1S/C13H20IOSi/c1-16(2,3)12-11-15-10-9-14-13-7-5-4-6-8-13/h4-10H,11-12H2,1-3H3/q+1/b10-9-. The lowest BCUT2D eigenvalue weighted by Crippen LogP contribution is -3.59. The lowest BCUT2D eigenvalue weighted by molar-refractivity contribution is -0.558. The molecule has 16 heavy (non-hydrogen) atoms. The maximum atomic E-state index is 5.51. The molecule has 1 nitrogen and oxygen atoms in total. The van der Waals surface area contributed by atoms with E-state index in [0.717, 1.165) is 6.61 Å². The summed E-state index contributed by atoms with van der Waals surface area (Å²) in [6, 6.07) is 11.8. The van der Waals surface area contributed by atoms with Crippen molar-refractivity contribution in [2.24, 2.45) is 0 Å².